The Hall–Kier alpha value is -2.64. The maximum atomic E-state index is 12.2. The summed E-state index contributed by atoms with van der Waals surface area (Å²) in [6, 6.07) is 5.78. The van der Waals surface area contributed by atoms with E-state index in [0.29, 0.717) is 12.5 Å². The molecule has 0 aromatic heterocycles. The van der Waals surface area contributed by atoms with Crippen LogP contribution in [0.15, 0.2) is 24.3 Å². The molecule has 0 saturated heterocycles. The molecule has 27 heavy (non-hydrogen) atoms. The second-order valence-corrected chi connectivity index (χ2v) is 7.88. The average Bonchev–Trinajstić information content (AvgIpc) is 2.59. The van der Waals surface area contributed by atoms with Crippen LogP contribution in [0.5, 0.6) is 0 Å². The lowest BCUT2D eigenvalue weighted by molar-refractivity contribution is -0.384. The number of carbonyl (C=O) groups is 2. The van der Waals surface area contributed by atoms with Crippen molar-refractivity contribution in [1.82, 2.24) is 10.6 Å². The van der Waals surface area contributed by atoms with Crippen LogP contribution in [0.25, 0.3) is 0 Å². The Labute approximate surface area is 158 Å². The molecule has 1 aromatic rings. The monoisotopic (exact) mass is 377 g/mol. The highest BCUT2D eigenvalue weighted by atomic mass is 16.6. The molecule has 2 N–H and O–H groups in total. The second-order valence-electron chi connectivity index (χ2n) is 7.88. The number of alkyl carbamates (subject to hydrolysis) is 1. The number of nitro groups is 1. The summed E-state index contributed by atoms with van der Waals surface area (Å²) < 4.78 is 5.27. The van der Waals surface area contributed by atoms with Crippen LogP contribution in [0, 0.1) is 16.0 Å². The van der Waals surface area contributed by atoms with Gasteiger partial charge in [0.2, 0.25) is 0 Å². The summed E-state index contributed by atoms with van der Waals surface area (Å²) in [5.74, 6) is 0.0111. The van der Waals surface area contributed by atoms with Crippen LogP contribution in [-0.4, -0.2) is 35.1 Å². The van der Waals surface area contributed by atoms with Crippen LogP contribution in [0.3, 0.4) is 0 Å². The number of nitrogens with zero attached hydrogens (tertiary/aromatic N) is 1. The SMILES string of the molecule is CC(C)(C)OC(=O)NC1CCC(CNC(=O)c2cccc([N+](=O)[O-])c2)CC1. The largest absolute Gasteiger partial charge is 0.444 e. The van der Waals surface area contributed by atoms with Gasteiger partial charge in [-0.15, -0.1) is 0 Å². The van der Waals surface area contributed by atoms with Gasteiger partial charge < -0.3 is 15.4 Å². The van der Waals surface area contributed by atoms with Crippen LogP contribution < -0.4 is 10.6 Å². The van der Waals surface area contributed by atoms with Crippen LogP contribution in [0.4, 0.5) is 10.5 Å². The Kier molecular flexibility index (Phi) is 6.76. The molecule has 0 heterocycles. The highest BCUT2D eigenvalue weighted by molar-refractivity contribution is 5.94. The van der Waals surface area contributed by atoms with E-state index in [4.69, 9.17) is 4.74 Å². The summed E-state index contributed by atoms with van der Waals surface area (Å²) in [5, 5.41) is 16.5. The zero-order valence-corrected chi connectivity index (χ0v) is 16.0. The number of hydrogen-bond acceptors (Lipinski definition) is 5. The number of hydrogen-bond donors (Lipinski definition) is 2. The summed E-state index contributed by atoms with van der Waals surface area (Å²) >= 11 is 0. The van der Waals surface area contributed by atoms with E-state index in [1.165, 1.54) is 18.2 Å². The number of rotatable bonds is 5. The Morgan fingerprint density at radius 3 is 2.48 bits per heavy atom. The van der Waals surface area contributed by atoms with Gasteiger partial charge in [0.05, 0.1) is 4.92 Å². The smallest absolute Gasteiger partial charge is 0.407 e. The molecule has 1 aromatic carbocycles. The third kappa shape index (κ3) is 6.88. The third-order valence-electron chi connectivity index (χ3n) is 4.44. The van der Waals surface area contributed by atoms with Gasteiger partial charge in [-0.2, -0.15) is 0 Å². The van der Waals surface area contributed by atoms with Gasteiger partial charge in [0.15, 0.2) is 0 Å². The van der Waals surface area contributed by atoms with Gasteiger partial charge in [0.25, 0.3) is 11.6 Å². The Balaban J connectivity index is 1.74. The van der Waals surface area contributed by atoms with E-state index in [9.17, 15) is 19.7 Å². The summed E-state index contributed by atoms with van der Waals surface area (Å²) in [4.78, 5) is 34.3. The molecular weight excluding hydrogens is 350 g/mol. The zero-order valence-electron chi connectivity index (χ0n) is 16.0. The van der Waals surface area contributed by atoms with Crippen molar-refractivity contribution < 1.29 is 19.2 Å². The lowest BCUT2D eigenvalue weighted by Gasteiger charge is -2.30. The van der Waals surface area contributed by atoms with Gasteiger partial charge >= 0.3 is 6.09 Å². The lowest BCUT2D eigenvalue weighted by Crippen LogP contribution is -2.42. The first kappa shape index (κ1) is 20.7. The van der Waals surface area contributed by atoms with E-state index in [0.717, 1.165) is 25.7 Å². The van der Waals surface area contributed by atoms with Crippen molar-refractivity contribution in [2.24, 2.45) is 5.92 Å². The molecule has 0 bridgehead atoms. The topological polar surface area (TPSA) is 111 Å². The Morgan fingerprint density at radius 1 is 1.22 bits per heavy atom. The molecule has 0 unspecified atom stereocenters. The number of amides is 2. The fraction of sp³-hybridized carbons (Fsp3) is 0.579. The molecule has 0 aliphatic heterocycles. The van der Waals surface area contributed by atoms with Crippen molar-refractivity contribution in [3.05, 3.63) is 39.9 Å². The molecule has 8 nitrogen and oxygen atoms in total. The van der Waals surface area contributed by atoms with Crippen molar-refractivity contribution in [1.29, 1.82) is 0 Å². The molecule has 2 rings (SSSR count). The molecule has 148 valence electrons. The molecule has 0 radical (unpaired) electrons. The molecule has 2 amide bonds. The van der Waals surface area contributed by atoms with Crippen molar-refractivity contribution in [3.8, 4) is 0 Å². The molecule has 0 spiro atoms. The maximum Gasteiger partial charge on any atom is 0.407 e. The van der Waals surface area contributed by atoms with Gasteiger partial charge in [-0.25, -0.2) is 4.79 Å². The van der Waals surface area contributed by atoms with Crippen molar-refractivity contribution in [2.45, 2.75) is 58.1 Å². The lowest BCUT2D eigenvalue weighted by atomic mass is 9.86. The van der Waals surface area contributed by atoms with Crippen LogP contribution in [0.2, 0.25) is 0 Å². The number of ether oxygens (including phenoxy) is 1. The first-order valence-electron chi connectivity index (χ1n) is 9.16. The quantitative estimate of drug-likeness (QED) is 0.603. The molecule has 1 aliphatic rings. The number of non-ortho nitro benzene ring substituents is 1. The van der Waals surface area contributed by atoms with Gasteiger partial charge in [0, 0.05) is 30.3 Å². The maximum absolute atomic E-state index is 12.2. The van der Waals surface area contributed by atoms with E-state index >= 15 is 0 Å². The van der Waals surface area contributed by atoms with Gasteiger partial charge in [-0.3, -0.25) is 14.9 Å². The molecule has 0 atom stereocenters. The van der Waals surface area contributed by atoms with Crippen LogP contribution >= 0.6 is 0 Å². The minimum Gasteiger partial charge on any atom is -0.444 e. The minimum absolute atomic E-state index is 0.0866. The van der Waals surface area contributed by atoms with E-state index in [1.54, 1.807) is 6.07 Å². The van der Waals surface area contributed by atoms with Gasteiger partial charge in [-0.1, -0.05) is 6.07 Å². The predicted molar refractivity (Wildman–Crippen MR) is 101 cm³/mol. The normalized spacial score (nSPS) is 19.8. The summed E-state index contributed by atoms with van der Waals surface area (Å²) in [7, 11) is 0. The van der Waals surface area contributed by atoms with Gasteiger partial charge in [0.1, 0.15) is 5.60 Å². The fourth-order valence-corrected chi connectivity index (χ4v) is 3.08. The Morgan fingerprint density at radius 2 is 1.89 bits per heavy atom. The van der Waals surface area contributed by atoms with Crippen LogP contribution in [-0.2, 0) is 4.74 Å². The molecule has 1 fully saturated rings. The standard InChI is InChI=1S/C19H27N3O5/c1-19(2,3)27-18(24)21-15-9-7-13(8-10-15)12-20-17(23)14-5-4-6-16(11-14)22(25)26/h4-6,11,13,15H,7-10,12H2,1-3H3,(H,20,23)(H,21,24). The predicted octanol–water partition coefficient (Wildman–Crippen LogP) is 3.41. The summed E-state index contributed by atoms with van der Waals surface area (Å²) in [6.07, 6.45) is 3.03. The summed E-state index contributed by atoms with van der Waals surface area (Å²) in [6.45, 7) is 6.00. The van der Waals surface area contributed by atoms with E-state index in [-0.39, 0.29) is 23.2 Å². The molecule has 1 aliphatic carbocycles. The number of nitrogens with one attached hydrogen (secondary N) is 2. The van der Waals surface area contributed by atoms with Crippen molar-refractivity contribution in [3.63, 3.8) is 0 Å². The number of benzene rings is 1. The van der Waals surface area contributed by atoms with E-state index < -0.39 is 16.6 Å². The molecule has 1 saturated carbocycles. The van der Waals surface area contributed by atoms with Crippen molar-refractivity contribution >= 4 is 17.7 Å². The average molecular weight is 377 g/mol. The van der Waals surface area contributed by atoms with Crippen molar-refractivity contribution in [2.75, 3.05) is 6.54 Å². The molecular formula is C19H27N3O5. The summed E-state index contributed by atoms with van der Waals surface area (Å²) in [5.41, 5.74) is -0.334. The van der Waals surface area contributed by atoms with Crippen LogP contribution in [0.1, 0.15) is 56.8 Å². The number of carbonyl (C=O) groups excluding carboxylic acids is 2. The molecule has 8 heteroatoms. The Bertz CT molecular complexity index is 691. The van der Waals surface area contributed by atoms with E-state index in [1.807, 2.05) is 20.8 Å². The fourth-order valence-electron chi connectivity index (χ4n) is 3.08. The zero-order chi connectivity index (χ0) is 20.0. The first-order valence-corrected chi connectivity index (χ1v) is 9.16. The highest BCUT2D eigenvalue weighted by Crippen LogP contribution is 2.24. The highest BCUT2D eigenvalue weighted by Gasteiger charge is 2.25. The third-order valence-corrected chi connectivity index (χ3v) is 4.44. The minimum atomic E-state index is -0.518. The van der Waals surface area contributed by atoms with Gasteiger partial charge in [-0.05, 0) is 58.4 Å². The second kappa shape index (κ2) is 8.83. The number of nitro benzene ring substituents is 1. The van der Waals surface area contributed by atoms with E-state index in [2.05, 4.69) is 10.6 Å². The first-order chi connectivity index (χ1) is 12.6.